The van der Waals surface area contributed by atoms with Gasteiger partial charge in [-0.25, -0.2) is 0 Å². The summed E-state index contributed by atoms with van der Waals surface area (Å²) >= 11 is 11.8. The lowest BCUT2D eigenvalue weighted by atomic mass is 10.1. The predicted octanol–water partition coefficient (Wildman–Crippen LogP) is 2.93. The largest absolute Gasteiger partial charge is 0.489 e. The van der Waals surface area contributed by atoms with Gasteiger partial charge in [0.1, 0.15) is 18.5 Å². The smallest absolute Gasteiger partial charge is 0.139 e. The number of hydrogen-bond donors (Lipinski definition) is 1. The van der Waals surface area contributed by atoms with Crippen molar-refractivity contribution in [2.45, 2.75) is 25.0 Å². The summed E-state index contributed by atoms with van der Waals surface area (Å²) < 4.78 is 16.3. The second kappa shape index (κ2) is 8.05. The molecule has 0 aliphatic carbocycles. The number of hydrogen-bond acceptors (Lipinski definition) is 4. The van der Waals surface area contributed by atoms with Gasteiger partial charge in [0.25, 0.3) is 0 Å². The average Bonchev–Trinajstić information content (AvgIpc) is 2.47. The number of ether oxygens (including phenoxy) is 3. The zero-order valence-electron chi connectivity index (χ0n) is 11.1. The molecule has 1 aliphatic rings. The van der Waals surface area contributed by atoms with E-state index in [1.807, 2.05) is 0 Å². The highest BCUT2D eigenvalue weighted by Crippen LogP contribution is 2.27. The van der Waals surface area contributed by atoms with Crippen LogP contribution in [0.3, 0.4) is 0 Å². The maximum absolute atomic E-state index is 9.84. The molecule has 0 amide bonds. The Balaban J connectivity index is 1.71. The molecule has 1 fully saturated rings. The summed E-state index contributed by atoms with van der Waals surface area (Å²) in [6, 6.07) is 4.96. The van der Waals surface area contributed by atoms with Crippen LogP contribution >= 0.6 is 23.2 Å². The van der Waals surface area contributed by atoms with E-state index in [0.29, 0.717) is 15.8 Å². The van der Waals surface area contributed by atoms with Crippen LogP contribution in [-0.2, 0) is 9.47 Å². The summed E-state index contributed by atoms with van der Waals surface area (Å²) in [7, 11) is 0. The van der Waals surface area contributed by atoms with Gasteiger partial charge in [0.2, 0.25) is 0 Å². The number of benzene rings is 1. The molecular weight excluding hydrogens is 303 g/mol. The Hall–Kier alpha value is -0.520. The third-order valence-corrected chi connectivity index (χ3v) is 3.56. The molecule has 1 aromatic rings. The van der Waals surface area contributed by atoms with Crippen molar-refractivity contribution in [2.75, 3.05) is 26.4 Å². The minimum Gasteiger partial charge on any atom is -0.489 e. The van der Waals surface area contributed by atoms with E-state index in [-0.39, 0.29) is 19.3 Å². The van der Waals surface area contributed by atoms with E-state index in [0.717, 1.165) is 26.1 Å². The molecule has 0 radical (unpaired) electrons. The second-order valence-corrected chi connectivity index (χ2v) is 5.53. The Morgan fingerprint density at radius 2 is 2.00 bits per heavy atom. The molecule has 112 valence electrons. The van der Waals surface area contributed by atoms with Crippen molar-refractivity contribution in [3.05, 3.63) is 28.2 Å². The highest BCUT2D eigenvalue weighted by atomic mass is 35.5. The fourth-order valence-electron chi connectivity index (χ4n) is 1.91. The zero-order valence-corrected chi connectivity index (χ0v) is 12.6. The molecule has 1 aromatic carbocycles. The Bertz CT molecular complexity index is 422. The maximum Gasteiger partial charge on any atom is 0.139 e. The van der Waals surface area contributed by atoms with Gasteiger partial charge in [-0.2, -0.15) is 0 Å². The molecule has 20 heavy (non-hydrogen) atoms. The quantitative estimate of drug-likeness (QED) is 0.875. The maximum atomic E-state index is 9.84. The van der Waals surface area contributed by atoms with Crippen molar-refractivity contribution < 1.29 is 19.3 Å². The minimum atomic E-state index is -0.701. The Kier molecular flexibility index (Phi) is 6.39. The van der Waals surface area contributed by atoms with Crippen LogP contribution in [0.25, 0.3) is 0 Å². The summed E-state index contributed by atoms with van der Waals surface area (Å²) in [6.07, 6.45) is 1.20. The summed E-state index contributed by atoms with van der Waals surface area (Å²) in [5.41, 5.74) is 0. The molecule has 4 nitrogen and oxygen atoms in total. The van der Waals surface area contributed by atoms with E-state index < -0.39 is 6.10 Å². The van der Waals surface area contributed by atoms with Crippen molar-refractivity contribution in [3.63, 3.8) is 0 Å². The molecule has 0 aromatic heterocycles. The van der Waals surface area contributed by atoms with Crippen LogP contribution in [0.4, 0.5) is 0 Å². The monoisotopic (exact) mass is 320 g/mol. The zero-order chi connectivity index (χ0) is 14.4. The first-order valence-electron chi connectivity index (χ1n) is 6.60. The van der Waals surface area contributed by atoms with E-state index in [9.17, 15) is 5.11 Å². The number of aliphatic hydroxyl groups is 1. The molecule has 1 saturated heterocycles. The molecule has 6 heteroatoms. The SMILES string of the molecule is OC(COc1cc(Cl)ccc1Cl)COC1CCOCC1. The number of halogens is 2. The van der Waals surface area contributed by atoms with Gasteiger partial charge in [-0.15, -0.1) is 0 Å². The molecule has 1 N–H and O–H groups in total. The molecule has 1 aliphatic heterocycles. The lowest BCUT2D eigenvalue weighted by Crippen LogP contribution is -2.30. The Labute approximate surface area is 128 Å². The molecular formula is C14H18Cl2O4. The van der Waals surface area contributed by atoms with Crippen LogP contribution in [0.5, 0.6) is 5.75 Å². The first-order valence-corrected chi connectivity index (χ1v) is 7.36. The summed E-state index contributed by atoms with van der Waals surface area (Å²) in [4.78, 5) is 0. The summed E-state index contributed by atoms with van der Waals surface area (Å²) in [5.74, 6) is 0.462. The normalized spacial score (nSPS) is 17.9. The van der Waals surface area contributed by atoms with Gasteiger partial charge in [0, 0.05) is 24.3 Å². The first kappa shape index (κ1) is 15.9. The van der Waals surface area contributed by atoms with Crippen LogP contribution in [0, 0.1) is 0 Å². The van der Waals surface area contributed by atoms with E-state index in [1.165, 1.54) is 0 Å². The number of rotatable bonds is 6. The van der Waals surface area contributed by atoms with Gasteiger partial charge in [-0.3, -0.25) is 0 Å². The Morgan fingerprint density at radius 1 is 1.25 bits per heavy atom. The number of aliphatic hydroxyl groups excluding tert-OH is 1. The molecule has 1 heterocycles. The highest BCUT2D eigenvalue weighted by Gasteiger charge is 2.16. The van der Waals surface area contributed by atoms with Crippen LogP contribution in [0.2, 0.25) is 10.0 Å². The van der Waals surface area contributed by atoms with Gasteiger partial charge in [0.15, 0.2) is 0 Å². The topological polar surface area (TPSA) is 47.9 Å². The lowest BCUT2D eigenvalue weighted by molar-refractivity contribution is -0.0659. The Morgan fingerprint density at radius 3 is 2.75 bits per heavy atom. The minimum absolute atomic E-state index is 0.114. The van der Waals surface area contributed by atoms with Gasteiger partial charge in [-0.05, 0) is 25.0 Å². The van der Waals surface area contributed by atoms with Gasteiger partial charge in [-0.1, -0.05) is 23.2 Å². The average molecular weight is 321 g/mol. The molecule has 0 bridgehead atoms. The van der Waals surface area contributed by atoms with Crippen molar-refractivity contribution in [2.24, 2.45) is 0 Å². The lowest BCUT2D eigenvalue weighted by Gasteiger charge is -2.23. The van der Waals surface area contributed by atoms with Crippen molar-refractivity contribution in [1.29, 1.82) is 0 Å². The first-order chi connectivity index (χ1) is 9.65. The standard InChI is InChI=1S/C14H18Cl2O4/c15-10-1-2-13(16)14(7-10)20-9-11(17)8-19-12-3-5-18-6-4-12/h1-2,7,11-12,17H,3-6,8-9H2. The summed E-state index contributed by atoms with van der Waals surface area (Å²) in [5, 5.41) is 10.8. The second-order valence-electron chi connectivity index (χ2n) is 4.68. The molecule has 2 rings (SSSR count). The van der Waals surface area contributed by atoms with Gasteiger partial charge >= 0.3 is 0 Å². The third-order valence-electron chi connectivity index (χ3n) is 3.02. The molecule has 1 unspecified atom stereocenters. The molecule has 0 spiro atoms. The molecule has 1 atom stereocenters. The van der Waals surface area contributed by atoms with Crippen molar-refractivity contribution >= 4 is 23.2 Å². The van der Waals surface area contributed by atoms with E-state index in [4.69, 9.17) is 37.4 Å². The van der Waals surface area contributed by atoms with Crippen LogP contribution in [0.1, 0.15) is 12.8 Å². The van der Waals surface area contributed by atoms with Crippen LogP contribution in [-0.4, -0.2) is 43.7 Å². The van der Waals surface area contributed by atoms with Crippen LogP contribution in [0.15, 0.2) is 18.2 Å². The van der Waals surface area contributed by atoms with Gasteiger partial charge in [0.05, 0.1) is 17.7 Å². The van der Waals surface area contributed by atoms with E-state index in [2.05, 4.69) is 0 Å². The van der Waals surface area contributed by atoms with Crippen molar-refractivity contribution in [3.8, 4) is 5.75 Å². The van der Waals surface area contributed by atoms with Crippen molar-refractivity contribution in [1.82, 2.24) is 0 Å². The van der Waals surface area contributed by atoms with E-state index >= 15 is 0 Å². The van der Waals surface area contributed by atoms with Crippen LogP contribution < -0.4 is 4.74 Å². The predicted molar refractivity (Wildman–Crippen MR) is 77.8 cm³/mol. The van der Waals surface area contributed by atoms with E-state index in [1.54, 1.807) is 18.2 Å². The highest BCUT2D eigenvalue weighted by molar-refractivity contribution is 6.34. The van der Waals surface area contributed by atoms with Gasteiger partial charge < -0.3 is 19.3 Å². The third kappa shape index (κ3) is 5.11. The fourth-order valence-corrected chi connectivity index (χ4v) is 2.25. The molecule has 0 saturated carbocycles. The summed E-state index contributed by atoms with van der Waals surface area (Å²) in [6.45, 7) is 1.79. The fraction of sp³-hybridized carbons (Fsp3) is 0.571.